The van der Waals surface area contributed by atoms with E-state index in [4.69, 9.17) is 11.6 Å². The zero-order chi connectivity index (χ0) is 14.7. The number of anilines is 1. The Kier molecular flexibility index (Phi) is 4.86. The second-order valence-corrected chi connectivity index (χ2v) is 6.28. The minimum atomic E-state index is -0.270. The number of nitrogens with zero attached hydrogens (tertiary/aromatic N) is 2. The van der Waals surface area contributed by atoms with E-state index in [1.54, 1.807) is 12.3 Å². The largest absolute Gasteiger partial charge is 0.380 e. The van der Waals surface area contributed by atoms with Gasteiger partial charge in [-0.1, -0.05) is 31.5 Å². The molecule has 4 nitrogen and oxygen atoms in total. The van der Waals surface area contributed by atoms with Crippen LogP contribution in [-0.2, 0) is 6.54 Å². The average molecular weight is 296 g/mol. The highest BCUT2D eigenvalue weighted by atomic mass is 35.5. The van der Waals surface area contributed by atoms with Crippen LogP contribution >= 0.6 is 11.6 Å². The highest BCUT2D eigenvalue weighted by Gasteiger charge is 2.24. The number of hydrogen-bond donors (Lipinski definition) is 1. The van der Waals surface area contributed by atoms with E-state index in [-0.39, 0.29) is 10.6 Å². The van der Waals surface area contributed by atoms with Crippen molar-refractivity contribution in [2.75, 3.05) is 5.32 Å². The van der Waals surface area contributed by atoms with Gasteiger partial charge in [0.2, 0.25) is 0 Å². The molecule has 5 heteroatoms. The second kappa shape index (κ2) is 6.44. The molecule has 1 saturated carbocycles. The molecule has 1 aromatic rings. The van der Waals surface area contributed by atoms with Gasteiger partial charge in [-0.2, -0.15) is 5.10 Å². The van der Waals surface area contributed by atoms with Crippen LogP contribution in [0.2, 0.25) is 5.02 Å². The summed E-state index contributed by atoms with van der Waals surface area (Å²) in [6.07, 6.45) is 6.75. The van der Waals surface area contributed by atoms with E-state index in [2.05, 4.69) is 30.8 Å². The summed E-state index contributed by atoms with van der Waals surface area (Å²) in [6.45, 7) is 8.51. The standard InChI is InChI=1S/C15H22ClN3O/c1-4-5-19-15(20)14(16)13(9-17-19)18-12-7-10(2)6-11(3)8-12/h4,9-12,18H,1,5-8H2,2-3H3. The third kappa shape index (κ3) is 3.42. The molecule has 1 aliphatic rings. The van der Waals surface area contributed by atoms with Crippen LogP contribution in [0.5, 0.6) is 0 Å². The summed E-state index contributed by atoms with van der Waals surface area (Å²) in [5.74, 6) is 1.40. The quantitative estimate of drug-likeness (QED) is 0.867. The summed E-state index contributed by atoms with van der Waals surface area (Å²) in [6, 6.07) is 0.364. The fourth-order valence-corrected chi connectivity index (χ4v) is 3.30. The van der Waals surface area contributed by atoms with Crippen LogP contribution in [0.1, 0.15) is 33.1 Å². The first-order valence-electron chi connectivity index (χ1n) is 7.14. The number of allylic oxidation sites excluding steroid dienone is 1. The molecule has 0 bridgehead atoms. The van der Waals surface area contributed by atoms with E-state index in [9.17, 15) is 4.79 Å². The van der Waals surface area contributed by atoms with E-state index < -0.39 is 0 Å². The van der Waals surface area contributed by atoms with Crippen molar-refractivity contribution in [2.45, 2.75) is 45.7 Å². The van der Waals surface area contributed by atoms with Crippen LogP contribution in [0.3, 0.4) is 0 Å². The summed E-state index contributed by atoms with van der Waals surface area (Å²) < 4.78 is 1.31. The smallest absolute Gasteiger partial charge is 0.287 e. The zero-order valence-corrected chi connectivity index (χ0v) is 12.9. The molecule has 2 atom stereocenters. The minimum Gasteiger partial charge on any atom is -0.380 e. The molecule has 1 heterocycles. The monoisotopic (exact) mass is 295 g/mol. The molecule has 0 aromatic carbocycles. The molecule has 1 aromatic heterocycles. The van der Waals surface area contributed by atoms with Crippen LogP contribution < -0.4 is 10.9 Å². The Morgan fingerprint density at radius 2 is 2.10 bits per heavy atom. The lowest BCUT2D eigenvalue weighted by atomic mass is 9.80. The Bertz CT molecular complexity index is 530. The Morgan fingerprint density at radius 3 is 2.70 bits per heavy atom. The normalized spacial score (nSPS) is 26.2. The number of hydrogen-bond acceptors (Lipinski definition) is 3. The molecular weight excluding hydrogens is 274 g/mol. The summed E-state index contributed by atoms with van der Waals surface area (Å²) in [4.78, 5) is 12.0. The van der Waals surface area contributed by atoms with Crippen molar-refractivity contribution in [1.82, 2.24) is 9.78 Å². The predicted molar refractivity (Wildman–Crippen MR) is 83.3 cm³/mol. The first kappa shape index (κ1) is 15.1. The molecule has 1 fully saturated rings. The molecule has 0 amide bonds. The first-order valence-corrected chi connectivity index (χ1v) is 7.52. The molecule has 2 rings (SSSR count). The first-order chi connectivity index (χ1) is 9.51. The van der Waals surface area contributed by atoms with E-state index in [1.807, 2.05) is 0 Å². The molecular formula is C15H22ClN3O. The third-order valence-corrected chi connectivity index (χ3v) is 4.19. The van der Waals surface area contributed by atoms with Gasteiger partial charge in [-0.15, -0.1) is 6.58 Å². The van der Waals surface area contributed by atoms with E-state index in [0.717, 1.165) is 12.8 Å². The Morgan fingerprint density at radius 1 is 1.45 bits per heavy atom. The molecule has 0 radical (unpaired) electrons. The van der Waals surface area contributed by atoms with Crippen molar-refractivity contribution in [3.8, 4) is 0 Å². The van der Waals surface area contributed by atoms with Crippen LogP contribution in [0.15, 0.2) is 23.6 Å². The molecule has 1 aliphatic carbocycles. The molecule has 0 saturated heterocycles. The van der Waals surface area contributed by atoms with Crippen molar-refractivity contribution >= 4 is 17.3 Å². The predicted octanol–water partition coefficient (Wildman–Crippen LogP) is 3.32. The lowest BCUT2D eigenvalue weighted by molar-refractivity contribution is 0.281. The van der Waals surface area contributed by atoms with Gasteiger partial charge in [0.05, 0.1) is 18.4 Å². The fraction of sp³-hybridized carbons (Fsp3) is 0.600. The Balaban J connectivity index is 2.15. The van der Waals surface area contributed by atoms with Gasteiger partial charge in [-0.25, -0.2) is 4.68 Å². The van der Waals surface area contributed by atoms with Crippen molar-refractivity contribution in [2.24, 2.45) is 11.8 Å². The third-order valence-electron chi connectivity index (χ3n) is 3.83. The topological polar surface area (TPSA) is 46.9 Å². The number of nitrogens with one attached hydrogen (secondary N) is 1. The van der Waals surface area contributed by atoms with Gasteiger partial charge >= 0.3 is 0 Å². The maximum atomic E-state index is 12.0. The summed E-state index contributed by atoms with van der Waals surface area (Å²) >= 11 is 6.16. The summed E-state index contributed by atoms with van der Waals surface area (Å²) in [5.41, 5.74) is 0.372. The molecule has 110 valence electrons. The highest BCUT2D eigenvalue weighted by Crippen LogP contribution is 2.31. The summed E-state index contributed by atoms with van der Waals surface area (Å²) in [7, 11) is 0. The number of halogens is 1. The van der Waals surface area contributed by atoms with E-state index in [1.165, 1.54) is 11.1 Å². The highest BCUT2D eigenvalue weighted by molar-refractivity contribution is 6.32. The van der Waals surface area contributed by atoms with E-state index >= 15 is 0 Å². The van der Waals surface area contributed by atoms with Gasteiger partial charge in [-0.3, -0.25) is 4.79 Å². The lowest BCUT2D eigenvalue weighted by Crippen LogP contribution is -2.32. The molecule has 20 heavy (non-hydrogen) atoms. The maximum absolute atomic E-state index is 12.0. The molecule has 2 unspecified atom stereocenters. The fourth-order valence-electron chi connectivity index (χ4n) is 3.10. The number of aromatic nitrogens is 2. The molecule has 1 N–H and O–H groups in total. The van der Waals surface area contributed by atoms with Crippen LogP contribution in [0.25, 0.3) is 0 Å². The Hall–Kier alpha value is -1.29. The summed E-state index contributed by atoms with van der Waals surface area (Å²) in [5, 5.41) is 7.72. The van der Waals surface area contributed by atoms with Crippen LogP contribution in [0, 0.1) is 11.8 Å². The number of rotatable bonds is 4. The average Bonchev–Trinajstić information content (AvgIpc) is 2.37. The van der Waals surface area contributed by atoms with Gasteiger partial charge in [0, 0.05) is 6.04 Å². The second-order valence-electron chi connectivity index (χ2n) is 5.91. The minimum absolute atomic E-state index is 0.215. The maximum Gasteiger partial charge on any atom is 0.287 e. The van der Waals surface area contributed by atoms with Crippen molar-refractivity contribution in [3.63, 3.8) is 0 Å². The van der Waals surface area contributed by atoms with Crippen LogP contribution in [-0.4, -0.2) is 15.8 Å². The van der Waals surface area contributed by atoms with Gasteiger partial charge in [0.25, 0.3) is 5.56 Å². The van der Waals surface area contributed by atoms with Gasteiger partial charge in [0.1, 0.15) is 5.02 Å². The van der Waals surface area contributed by atoms with Gasteiger partial charge < -0.3 is 5.32 Å². The van der Waals surface area contributed by atoms with Crippen molar-refractivity contribution in [3.05, 3.63) is 34.2 Å². The van der Waals surface area contributed by atoms with Gasteiger partial charge in [-0.05, 0) is 31.1 Å². The lowest BCUT2D eigenvalue weighted by Gasteiger charge is -2.32. The Labute approximate surface area is 124 Å². The van der Waals surface area contributed by atoms with Crippen molar-refractivity contribution in [1.29, 1.82) is 0 Å². The SMILES string of the molecule is C=CCn1ncc(NC2CC(C)CC(C)C2)c(Cl)c1=O. The van der Waals surface area contributed by atoms with Crippen molar-refractivity contribution < 1.29 is 0 Å². The molecule has 0 aliphatic heterocycles. The molecule has 0 spiro atoms. The van der Waals surface area contributed by atoms with E-state index in [0.29, 0.717) is 30.1 Å². The van der Waals surface area contributed by atoms with Crippen LogP contribution in [0.4, 0.5) is 5.69 Å². The zero-order valence-electron chi connectivity index (χ0n) is 12.1. The van der Waals surface area contributed by atoms with Gasteiger partial charge in [0.15, 0.2) is 0 Å².